The first-order valence-corrected chi connectivity index (χ1v) is 7.11. The van der Waals surface area contributed by atoms with Gasteiger partial charge in [-0.3, -0.25) is 0 Å². The number of aryl methyl sites for hydroxylation is 2. The molecule has 3 rings (SSSR count). The van der Waals surface area contributed by atoms with Crippen LogP contribution < -0.4 is 4.74 Å². The highest BCUT2D eigenvalue weighted by Gasteiger charge is 2.17. The van der Waals surface area contributed by atoms with Gasteiger partial charge in [-0.15, -0.1) is 0 Å². The molecule has 1 aliphatic rings. The summed E-state index contributed by atoms with van der Waals surface area (Å²) in [7, 11) is 3.09. The van der Waals surface area contributed by atoms with Crippen molar-refractivity contribution < 1.29 is 14.3 Å². The summed E-state index contributed by atoms with van der Waals surface area (Å²) in [5.41, 5.74) is 5.48. The average Bonchev–Trinajstić information content (AvgIpc) is 2.71. The molecule has 0 saturated carbocycles. The molecule has 0 bridgehead atoms. The lowest BCUT2D eigenvalue weighted by atomic mass is 9.94. The van der Waals surface area contributed by atoms with Crippen molar-refractivity contribution in [2.24, 2.45) is 0 Å². The van der Waals surface area contributed by atoms with Crippen LogP contribution in [0.25, 0.3) is 11.1 Å². The SMILES string of the molecule is COC(=O)c1ccc2c(c1)-c1ccc(OC)cc1CCC2. The Balaban J connectivity index is 2.15. The van der Waals surface area contributed by atoms with Crippen LogP contribution in [0, 0.1) is 0 Å². The number of hydrogen-bond donors (Lipinski definition) is 0. The quantitative estimate of drug-likeness (QED) is 0.789. The number of methoxy groups -OCH3 is 2. The minimum absolute atomic E-state index is 0.294. The molecule has 0 unspecified atom stereocenters. The highest BCUT2D eigenvalue weighted by molar-refractivity contribution is 5.91. The Kier molecular flexibility index (Phi) is 3.65. The van der Waals surface area contributed by atoms with Crippen molar-refractivity contribution in [1.29, 1.82) is 0 Å². The van der Waals surface area contributed by atoms with Gasteiger partial charge in [0.1, 0.15) is 5.75 Å². The van der Waals surface area contributed by atoms with Crippen molar-refractivity contribution in [3.63, 3.8) is 0 Å². The molecule has 0 heterocycles. The van der Waals surface area contributed by atoms with Crippen molar-refractivity contribution in [2.45, 2.75) is 19.3 Å². The summed E-state index contributed by atoms with van der Waals surface area (Å²) in [6, 6.07) is 12.0. The molecule has 3 nitrogen and oxygen atoms in total. The molecular formula is C18H18O3. The van der Waals surface area contributed by atoms with Gasteiger partial charge in [-0.1, -0.05) is 12.1 Å². The minimum Gasteiger partial charge on any atom is -0.497 e. The number of ether oxygens (including phenoxy) is 2. The van der Waals surface area contributed by atoms with Gasteiger partial charge in [0.15, 0.2) is 0 Å². The van der Waals surface area contributed by atoms with Crippen LogP contribution in [-0.4, -0.2) is 20.2 Å². The monoisotopic (exact) mass is 282 g/mol. The summed E-state index contributed by atoms with van der Waals surface area (Å²) in [5.74, 6) is 0.582. The predicted molar refractivity (Wildman–Crippen MR) is 81.8 cm³/mol. The van der Waals surface area contributed by atoms with Gasteiger partial charge < -0.3 is 9.47 Å². The molecule has 0 spiro atoms. The van der Waals surface area contributed by atoms with E-state index in [9.17, 15) is 4.79 Å². The fourth-order valence-electron chi connectivity index (χ4n) is 2.93. The number of fused-ring (bicyclic) bond motifs is 3. The second-order valence-electron chi connectivity index (χ2n) is 5.24. The Morgan fingerprint density at radius 2 is 1.76 bits per heavy atom. The number of hydrogen-bond acceptors (Lipinski definition) is 3. The first-order chi connectivity index (χ1) is 10.2. The zero-order valence-corrected chi connectivity index (χ0v) is 12.3. The van der Waals surface area contributed by atoms with Gasteiger partial charge in [0, 0.05) is 0 Å². The zero-order valence-electron chi connectivity index (χ0n) is 12.3. The van der Waals surface area contributed by atoms with Crippen LogP contribution in [0.15, 0.2) is 36.4 Å². The van der Waals surface area contributed by atoms with Crippen molar-refractivity contribution in [3.8, 4) is 16.9 Å². The standard InChI is InChI=1S/C18H18O3/c1-20-15-8-9-16-13(10-15)5-3-4-12-6-7-14(11-17(12)16)18(19)21-2/h6-11H,3-5H2,1-2H3. The van der Waals surface area contributed by atoms with Gasteiger partial charge in [0.25, 0.3) is 0 Å². The van der Waals surface area contributed by atoms with Crippen molar-refractivity contribution in [1.82, 2.24) is 0 Å². The average molecular weight is 282 g/mol. The number of carbonyl (C=O) groups is 1. The van der Waals surface area contributed by atoms with E-state index in [2.05, 4.69) is 12.1 Å². The molecule has 0 aromatic heterocycles. The molecule has 2 aromatic rings. The van der Waals surface area contributed by atoms with E-state index in [1.54, 1.807) is 7.11 Å². The number of esters is 1. The van der Waals surface area contributed by atoms with Gasteiger partial charge in [-0.05, 0) is 65.8 Å². The van der Waals surface area contributed by atoms with Crippen molar-refractivity contribution in [3.05, 3.63) is 53.1 Å². The predicted octanol–water partition coefficient (Wildman–Crippen LogP) is 3.64. The lowest BCUT2D eigenvalue weighted by molar-refractivity contribution is 0.0601. The largest absolute Gasteiger partial charge is 0.497 e. The molecule has 0 saturated heterocycles. The third-order valence-electron chi connectivity index (χ3n) is 4.03. The van der Waals surface area contributed by atoms with E-state index in [1.807, 2.05) is 24.3 Å². The van der Waals surface area contributed by atoms with E-state index < -0.39 is 0 Å². The smallest absolute Gasteiger partial charge is 0.337 e. The van der Waals surface area contributed by atoms with Crippen LogP contribution in [-0.2, 0) is 17.6 Å². The molecule has 1 aliphatic carbocycles. The number of carbonyl (C=O) groups excluding carboxylic acids is 1. The molecule has 21 heavy (non-hydrogen) atoms. The summed E-state index contributed by atoms with van der Waals surface area (Å²) in [6.45, 7) is 0. The zero-order chi connectivity index (χ0) is 14.8. The first-order valence-electron chi connectivity index (χ1n) is 7.11. The lowest BCUT2D eigenvalue weighted by Crippen LogP contribution is -2.02. The van der Waals surface area contributed by atoms with E-state index in [-0.39, 0.29) is 5.97 Å². The molecule has 0 atom stereocenters. The maximum Gasteiger partial charge on any atom is 0.337 e. The Morgan fingerprint density at radius 1 is 0.952 bits per heavy atom. The van der Waals surface area contributed by atoms with Gasteiger partial charge >= 0.3 is 5.97 Å². The Bertz CT molecular complexity index is 689. The van der Waals surface area contributed by atoms with Crippen molar-refractivity contribution >= 4 is 5.97 Å². The molecular weight excluding hydrogens is 264 g/mol. The number of benzene rings is 2. The van der Waals surface area contributed by atoms with Crippen molar-refractivity contribution in [2.75, 3.05) is 14.2 Å². The summed E-state index contributed by atoms with van der Waals surface area (Å²) in [4.78, 5) is 11.8. The maximum absolute atomic E-state index is 11.8. The number of rotatable bonds is 2. The highest BCUT2D eigenvalue weighted by atomic mass is 16.5. The van der Waals surface area contributed by atoms with E-state index >= 15 is 0 Å². The topological polar surface area (TPSA) is 35.5 Å². The lowest BCUT2D eigenvalue weighted by Gasteiger charge is -2.12. The Morgan fingerprint density at radius 3 is 2.52 bits per heavy atom. The molecule has 0 aliphatic heterocycles. The van der Waals surface area contributed by atoms with Crippen LogP contribution in [0.2, 0.25) is 0 Å². The normalized spacial score (nSPS) is 12.9. The molecule has 0 fully saturated rings. The second kappa shape index (κ2) is 5.60. The fourth-order valence-corrected chi connectivity index (χ4v) is 2.93. The Hall–Kier alpha value is -2.29. The van der Waals surface area contributed by atoms with Crippen LogP contribution in [0.5, 0.6) is 5.75 Å². The molecule has 108 valence electrons. The fraction of sp³-hybridized carbons (Fsp3) is 0.278. The molecule has 0 N–H and O–H groups in total. The van der Waals surface area contributed by atoms with Crippen LogP contribution in [0.4, 0.5) is 0 Å². The molecule has 2 aromatic carbocycles. The summed E-state index contributed by atoms with van der Waals surface area (Å²) < 4.78 is 10.1. The van der Waals surface area contributed by atoms with Gasteiger partial charge in [-0.2, -0.15) is 0 Å². The maximum atomic E-state index is 11.8. The Labute approximate surface area is 124 Å². The first kappa shape index (κ1) is 13.7. The van der Waals surface area contributed by atoms with Crippen LogP contribution >= 0.6 is 0 Å². The highest BCUT2D eigenvalue weighted by Crippen LogP contribution is 2.35. The van der Waals surface area contributed by atoms with Crippen LogP contribution in [0.1, 0.15) is 27.9 Å². The van der Waals surface area contributed by atoms with Gasteiger partial charge in [-0.25, -0.2) is 4.79 Å². The summed E-state index contributed by atoms with van der Waals surface area (Å²) in [6.07, 6.45) is 3.15. The summed E-state index contributed by atoms with van der Waals surface area (Å²) >= 11 is 0. The molecule has 0 radical (unpaired) electrons. The van der Waals surface area contributed by atoms with Gasteiger partial charge in [0.05, 0.1) is 19.8 Å². The second-order valence-corrected chi connectivity index (χ2v) is 5.24. The van der Waals surface area contributed by atoms with E-state index in [4.69, 9.17) is 9.47 Å². The third kappa shape index (κ3) is 2.51. The molecule has 3 heteroatoms. The van der Waals surface area contributed by atoms with E-state index in [0.29, 0.717) is 5.56 Å². The van der Waals surface area contributed by atoms with E-state index in [1.165, 1.54) is 23.8 Å². The third-order valence-corrected chi connectivity index (χ3v) is 4.03. The van der Waals surface area contributed by atoms with Gasteiger partial charge in [0.2, 0.25) is 0 Å². The summed E-state index contributed by atoms with van der Waals surface area (Å²) in [5, 5.41) is 0. The van der Waals surface area contributed by atoms with Crippen LogP contribution in [0.3, 0.4) is 0 Å². The minimum atomic E-state index is -0.294. The molecule has 0 amide bonds. The van der Waals surface area contributed by atoms with E-state index in [0.717, 1.165) is 30.6 Å².